The third kappa shape index (κ3) is 2.98. The highest BCUT2D eigenvalue weighted by molar-refractivity contribution is 5.81. The Labute approximate surface area is 86.6 Å². The minimum Gasteiger partial charge on any atom is -0.344 e. The molecule has 1 rings (SSSR count). The van der Waals surface area contributed by atoms with E-state index >= 15 is 0 Å². The van der Waals surface area contributed by atoms with Gasteiger partial charge in [0.25, 0.3) is 0 Å². The number of nitrogens with zero attached hydrogens (tertiary/aromatic N) is 1. The summed E-state index contributed by atoms with van der Waals surface area (Å²) >= 11 is 0. The molecule has 1 amide bonds. The summed E-state index contributed by atoms with van der Waals surface area (Å²) in [5.74, 6) is 1.13. The zero-order chi connectivity index (χ0) is 10.7. The molecule has 0 radical (unpaired) electrons. The normalized spacial score (nSPS) is 20.3. The van der Waals surface area contributed by atoms with Crippen molar-refractivity contribution in [1.29, 1.82) is 0 Å². The Morgan fingerprint density at radius 3 is 2.57 bits per heavy atom. The molecule has 2 N–H and O–H groups in total. The second-order valence-corrected chi connectivity index (χ2v) is 4.57. The summed E-state index contributed by atoms with van der Waals surface area (Å²) in [6, 6.07) is -0.316. The van der Waals surface area contributed by atoms with E-state index in [0.29, 0.717) is 0 Å². The maximum atomic E-state index is 11.8. The molecule has 0 aromatic heterocycles. The Kier molecular flexibility index (Phi) is 3.93. The SMILES string of the molecule is CCC(C)C(N)C(=O)N(C)CC1CC1. The van der Waals surface area contributed by atoms with Crippen LogP contribution in [0.25, 0.3) is 0 Å². The number of hydrogen-bond donors (Lipinski definition) is 1. The predicted octanol–water partition coefficient (Wildman–Crippen LogP) is 1.23. The van der Waals surface area contributed by atoms with Crippen LogP contribution in [0, 0.1) is 11.8 Å². The van der Waals surface area contributed by atoms with Crippen LogP contribution in [0.4, 0.5) is 0 Å². The average Bonchev–Trinajstić information content (AvgIpc) is 2.97. The van der Waals surface area contributed by atoms with Gasteiger partial charge in [0, 0.05) is 13.6 Å². The number of carbonyl (C=O) groups excluding carboxylic acids is 1. The smallest absolute Gasteiger partial charge is 0.239 e. The molecule has 2 unspecified atom stereocenters. The Morgan fingerprint density at radius 2 is 2.14 bits per heavy atom. The molecule has 0 spiro atoms. The molecule has 1 aliphatic carbocycles. The Bertz CT molecular complexity index is 201. The van der Waals surface area contributed by atoms with Crippen molar-refractivity contribution in [3.63, 3.8) is 0 Å². The molecule has 1 fully saturated rings. The van der Waals surface area contributed by atoms with E-state index in [9.17, 15) is 4.79 Å². The highest BCUT2D eigenvalue weighted by Gasteiger charge is 2.28. The molecule has 0 aromatic rings. The quantitative estimate of drug-likeness (QED) is 0.722. The maximum Gasteiger partial charge on any atom is 0.239 e. The van der Waals surface area contributed by atoms with Crippen LogP contribution in [0.1, 0.15) is 33.1 Å². The fourth-order valence-corrected chi connectivity index (χ4v) is 1.53. The minimum absolute atomic E-state index is 0.103. The topological polar surface area (TPSA) is 46.3 Å². The average molecular weight is 198 g/mol. The monoisotopic (exact) mass is 198 g/mol. The standard InChI is InChI=1S/C11H22N2O/c1-4-8(2)10(12)11(14)13(3)7-9-5-6-9/h8-10H,4-7,12H2,1-3H3. The van der Waals surface area contributed by atoms with Gasteiger partial charge >= 0.3 is 0 Å². The van der Waals surface area contributed by atoms with Gasteiger partial charge in [-0.1, -0.05) is 20.3 Å². The molecule has 82 valence electrons. The zero-order valence-electron chi connectivity index (χ0n) is 9.49. The second-order valence-electron chi connectivity index (χ2n) is 4.57. The molecule has 0 heterocycles. The van der Waals surface area contributed by atoms with Gasteiger partial charge in [0.15, 0.2) is 0 Å². The largest absolute Gasteiger partial charge is 0.344 e. The number of carbonyl (C=O) groups is 1. The van der Waals surface area contributed by atoms with Crippen LogP contribution in [-0.2, 0) is 4.79 Å². The van der Waals surface area contributed by atoms with E-state index in [2.05, 4.69) is 6.92 Å². The first kappa shape index (κ1) is 11.5. The van der Waals surface area contributed by atoms with Crippen molar-refractivity contribution in [3.05, 3.63) is 0 Å². The first-order valence-corrected chi connectivity index (χ1v) is 5.56. The van der Waals surface area contributed by atoms with Crippen molar-refractivity contribution >= 4 is 5.91 Å². The summed E-state index contributed by atoms with van der Waals surface area (Å²) in [6.07, 6.45) is 3.51. The molecule has 1 saturated carbocycles. The maximum absolute atomic E-state index is 11.8. The number of likely N-dealkylation sites (N-methyl/N-ethyl adjacent to an activating group) is 1. The van der Waals surface area contributed by atoms with E-state index in [4.69, 9.17) is 5.73 Å². The first-order chi connectivity index (χ1) is 6.56. The molecular formula is C11H22N2O. The van der Waals surface area contributed by atoms with Crippen molar-refractivity contribution in [1.82, 2.24) is 4.90 Å². The van der Waals surface area contributed by atoms with Crippen molar-refractivity contribution in [2.75, 3.05) is 13.6 Å². The van der Waals surface area contributed by atoms with Crippen LogP contribution < -0.4 is 5.73 Å². The summed E-state index contributed by atoms with van der Waals surface area (Å²) in [6.45, 7) is 5.00. The van der Waals surface area contributed by atoms with Gasteiger partial charge in [-0.05, 0) is 24.7 Å². The third-order valence-electron chi connectivity index (χ3n) is 3.15. The van der Waals surface area contributed by atoms with E-state index in [1.807, 2.05) is 14.0 Å². The summed E-state index contributed by atoms with van der Waals surface area (Å²) in [5.41, 5.74) is 5.88. The van der Waals surface area contributed by atoms with Crippen molar-refractivity contribution < 1.29 is 4.79 Å². The molecule has 14 heavy (non-hydrogen) atoms. The molecule has 3 nitrogen and oxygen atoms in total. The van der Waals surface area contributed by atoms with Gasteiger partial charge in [-0.3, -0.25) is 4.79 Å². The van der Waals surface area contributed by atoms with E-state index in [1.54, 1.807) is 4.90 Å². The van der Waals surface area contributed by atoms with Gasteiger partial charge in [-0.15, -0.1) is 0 Å². The highest BCUT2D eigenvalue weighted by atomic mass is 16.2. The van der Waals surface area contributed by atoms with Crippen LogP contribution in [0.3, 0.4) is 0 Å². The highest BCUT2D eigenvalue weighted by Crippen LogP contribution is 2.29. The van der Waals surface area contributed by atoms with Crippen molar-refractivity contribution in [3.8, 4) is 0 Å². The lowest BCUT2D eigenvalue weighted by Gasteiger charge is -2.24. The Balaban J connectivity index is 2.37. The van der Waals surface area contributed by atoms with Gasteiger partial charge in [0.05, 0.1) is 6.04 Å². The summed E-state index contributed by atoms with van der Waals surface area (Å²) < 4.78 is 0. The van der Waals surface area contributed by atoms with Crippen LogP contribution >= 0.6 is 0 Å². The minimum atomic E-state index is -0.316. The van der Waals surface area contributed by atoms with Crippen LogP contribution in [0.5, 0.6) is 0 Å². The molecule has 0 aliphatic heterocycles. The van der Waals surface area contributed by atoms with Gasteiger partial charge in [-0.2, -0.15) is 0 Å². The van der Waals surface area contributed by atoms with Crippen molar-refractivity contribution in [2.45, 2.75) is 39.2 Å². The van der Waals surface area contributed by atoms with Crippen molar-refractivity contribution in [2.24, 2.45) is 17.6 Å². The zero-order valence-corrected chi connectivity index (χ0v) is 9.49. The molecule has 0 saturated heterocycles. The lowest BCUT2D eigenvalue weighted by Crippen LogP contribution is -2.46. The molecule has 2 atom stereocenters. The predicted molar refractivity (Wildman–Crippen MR) is 57.8 cm³/mol. The van der Waals surface area contributed by atoms with Gasteiger partial charge < -0.3 is 10.6 Å². The fourth-order valence-electron chi connectivity index (χ4n) is 1.53. The van der Waals surface area contributed by atoms with Crippen LogP contribution in [0.2, 0.25) is 0 Å². The summed E-state index contributed by atoms with van der Waals surface area (Å²) in [5, 5.41) is 0. The Hall–Kier alpha value is -0.570. The van der Waals surface area contributed by atoms with Gasteiger partial charge in [0.1, 0.15) is 0 Å². The molecule has 0 aromatic carbocycles. The molecule has 1 aliphatic rings. The molecule has 0 bridgehead atoms. The summed E-state index contributed by atoms with van der Waals surface area (Å²) in [4.78, 5) is 13.6. The fraction of sp³-hybridized carbons (Fsp3) is 0.909. The number of rotatable bonds is 5. The van der Waals surface area contributed by atoms with Crippen LogP contribution in [0.15, 0.2) is 0 Å². The van der Waals surface area contributed by atoms with Gasteiger partial charge in [0.2, 0.25) is 5.91 Å². The lowest BCUT2D eigenvalue weighted by molar-refractivity contribution is -0.132. The van der Waals surface area contributed by atoms with E-state index in [-0.39, 0.29) is 17.9 Å². The third-order valence-corrected chi connectivity index (χ3v) is 3.15. The van der Waals surface area contributed by atoms with Gasteiger partial charge in [-0.25, -0.2) is 0 Å². The number of nitrogens with two attached hydrogens (primary N) is 1. The number of amides is 1. The summed E-state index contributed by atoms with van der Waals surface area (Å²) in [7, 11) is 1.86. The molecule has 3 heteroatoms. The lowest BCUT2D eigenvalue weighted by atomic mass is 9.99. The van der Waals surface area contributed by atoms with Crippen LogP contribution in [-0.4, -0.2) is 30.4 Å². The Morgan fingerprint density at radius 1 is 1.57 bits per heavy atom. The van der Waals surface area contributed by atoms with E-state index < -0.39 is 0 Å². The first-order valence-electron chi connectivity index (χ1n) is 5.56. The number of hydrogen-bond acceptors (Lipinski definition) is 2. The van der Waals surface area contributed by atoms with E-state index in [0.717, 1.165) is 18.9 Å². The molecular weight excluding hydrogens is 176 g/mol. The van der Waals surface area contributed by atoms with E-state index in [1.165, 1.54) is 12.8 Å². The second kappa shape index (κ2) is 4.78.